The molecule has 34 heavy (non-hydrogen) atoms. The van der Waals surface area contributed by atoms with Gasteiger partial charge in [0.25, 0.3) is 0 Å². The molecule has 0 saturated heterocycles. The van der Waals surface area contributed by atoms with Gasteiger partial charge in [0.1, 0.15) is 0 Å². The third-order valence-corrected chi connectivity index (χ3v) is 19.7. The summed E-state index contributed by atoms with van der Waals surface area (Å²) in [5.74, 6) is 0. The van der Waals surface area contributed by atoms with Gasteiger partial charge in [-0.05, 0) is 89.7 Å². The normalized spacial score (nSPS) is 21.4. The Morgan fingerprint density at radius 2 is 0.794 bits per heavy atom. The van der Waals surface area contributed by atoms with Crippen LogP contribution in [-0.2, 0) is 0 Å². The van der Waals surface area contributed by atoms with Crippen molar-refractivity contribution in [2.75, 3.05) is 0 Å². The maximum atomic E-state index is 4.43. The van der Waals surface area contributed by atoms with E-state index in [1.165, 1.54) is 28.1 Å². The lowest BCUT2D eigenvalue weighted by atomic mass is 10.5. The van der Waals surface area contributed by atoms with Crippen molar-refractivity contribution in [3.05, 3.63) is 128 Å². The molecule has 4 nitrogen and oxygen atoms in total. The first kappa shape index (κ1) is 21.7. The summed E-state index contributed by atoms with van der Waals surface area (Å²) in [5.41, 5.74) is 0. The maximum Gasteiger partial charge on any atom is 0.0677 e. The van der Waals surface area contributed by atoms with E-state index in [1.807, 2.05) is 61.3 Å². The van der Waals surface area contributed by atoms with E-state index >= 15 is 0 Å². The largest absolute Gasteiger partial charge is 0.265 e. The second-order valence-electron chi connectivity index (χ2n) is 7.81. The third kappa shape index (κ3) is 2.36. The summed E-state index contributed by atoms with van der Waals surface area (Å²) in [6.07, 6.45) is 15.2. The highest BCUT2D eigenvalue weighted by atomic mass is 32.4. The van der Waals surface area contributed by atoms with Crippen LogP contribution in [0.5, 0.6) is 0 Å². The van der Waals surface area contributed by atoms with Gasteiger partial charge in [-0.25, -0.2) is 0 Å². The van der Waals surface area contributed by atoms with Crippen LogP contribution in [0.3, 0.4) is 0 Å². The Balaban J connectivity index is 2.03. The number of nitrogens with zero attached hydrogens (tertiary/aromatic N) is 4. The van der Waals surface area contributed by atoms with Gasteiger partial charge in [0.05, 0.1) is 8.47 Å². The molecule has 0 aromatic carbocycles. The lowest BCUT2D eigenvalue weighted by Gasteiger charge is -2.77. The molecule has 0 spiro atoms. The number of pyridine rings is 4. The van der Waals surface area contributed by atoms with Crippen LogP contribution in [0.15, 0.2) is 148 Å². The number of hydrogen-bond donors (Lipinski definition) is 0. The molecule has 0 radical (unpaired) electrons. The van der Waals surface area contributed by atoms with Gasteiger partial charge in [0.2, 0.25) is 0 Å². The Morgan fingerprint density at radius 3 is 1.15 bits per heavy atom. The Hall–Kier alpha value is -2.78. The van der Waals surface area contributed by atoms with Crippen molar-refractivity contribution < 1.29 is 0 Å². The monoisotopic (exact) mass is 516 g/mol. The predicted octanol–water partition coefficient (Wildman–Crippen LogP) is 7.97. The highest BCUT2D eigenvalue weighted by molar-refractivity contribution is 8.74. The molecule has 0 bridgehead atoms. The molecule has 0 atom stereocenters. The number of hydrogen-bond acceptors (Lipinski definition) is 7. The molecule has 4 aromatic rings. The van der Waals surface area contributed by atoms with Crippen molar-refractivity contribution in [1.82, 2.24) is 19.9 Å². The fraction of sp³-hybridized carbons (Fsp3) is 0. The first-order chi connectivity index (χ1) is 16.8. The topological polar surface area (TPSA) is 51.6 Å². The van der Waals surface area contributed by atoms with Crippen LogP contribution in [0.4, 0.5) is 0 Å². The lowest BCUT2D eigenvalue weighted by molar-refractivity contribution is 1.11. The molecule has 0 N–H and O–H groups in total. The van der Waals surface area contributed by atoms with E-state index in [0.717, 1.165) is 0 Å². The molecule has 0 fully saturated rings. The van der Waals surface area contributed by atoms with Gasteiger partial charge in [-0.1, -0.05) is 35.3 Å². The van der Waals surface area contributed by atoms with Crippen molar-refractivity contribution in [3.8, 4) is 0 Å². The van der Waals surface area contributed by atoms with Crippen molar-refractivity contribution in [2.45, 2.75) is 19.6 Å². The summed E-state index contributed by atoms with van der Waals surface area (Å²) >= 11 is 5.38. The Kier molecular flexibility index (Phi) is 5.04. The van der Waals surface area contributed by atoms with Gasteiger partial charge in [0.15, 0.2) is 0 Å². The van der Waals surface area contributed by atoms with Crippen molar-refractivity contribution >= 4 is 43.6 Å². The van der Waals surface area contributed by atoms with Gasteiger partial charge < -0.3 is 0 Å². The number of thioether (sulfide) groups is 3. The minimum absolute atomic E-state index is 1.19. The van der Waals surface area contributed by atoms with Crippen LogP contribution in [0.25, 0.3) is 0 Å². The summed E-state index contributed by atoms with van der Waals surface area (Å²) in [5, 5.41) is 9.08. The van der Waals surface area contributed by atoms with Crippen molar-refractivity contribution in [3.63, 3.8) is 0 Å². The van der Waals surface area contributed by atoms with Crippen LogP contribution in [0.2, 0.25) is 0 Å². The summed E-state index contributed by atoms with van der Waals surface area (Å²) in [4.78, 5) is 22.5. The van der Waals surface area contributed by atoms with Gasteiger partial charge in [-0.3, -0.25) is 19.9 Å². The zero-order valence-electron chi connectivity index (χ0n) is 18.0. The van der Waals surface area contributed by atoms with E-state index in [1.54, 1.807) is 23.5 Å². The van der Waals surface area contributed by atoms with E-state index in [2.05, 4.69) is 90.1 Å². The van der Waals surface area contributed by atoms with Crippen LogP contribution in [0.1, 0.15) is 0 Å². The van der Waals surface area contributed by atoms with E-state index in [0.29, 0.717) is 0 Å². The average Bonchev–Trinajstić information content (AvgIpc) is 3.60. The fourth-order valence-electron chi connectivity index (χ4n) is 5.30. The smallest absolute Gasteiger partial charge is 0.0677 e. The maximum absolute atomic E-state index is 4.43. The Morgan fingerprint density at radius 1 is 0.441 bits per heavy atom. The molecule has 0 amide bonds. The van der Waals surface area contributed by atoms with E-state index < -0.39 is 8.29 Å². The first-order valence-electron chi connectivity index (χ1n) is 10.5. The number of aromatic nitrogens is 4. The minimum atomic E-state index is -4.04. The Labute approximate surface area is 210 Å². The van der Waals surface area contributed by atoms with Crippen LogP contribution < -0.4 is 0 Å². The zero-order chi connectivity index (χ0) is 23.0. The molecule has 2 aliphatic rings. The predicted molar refractivity (Wildman–Crippen MR) is 146 cm³/mol. The highest BCUT2D eigenvalue weighted by Gasteiger charge is 2.70. The highest BCUT2D eigenvalue weighted by Crippen LogP contribution is 3.14. The standard InChI is InChI=1S/C26H20N4S4/c1-9-27-10-2-21(1)34(22-3-11-28-12-4-22,23-5-13-29-14-6-23,24-7-15-30-16-8-24)20-19-33-26(34)25-31-17-18-32-25/h1-20H. The SMILES string of the molecule is C1=CSC(=C2SC=CS2(c2ccncc2)(c2ccncc2)(c2ccncc2)c2ccncc2)S1. The molecule has 4 aromatic heterocycles. The average molecular weight is 517 g/mol. The molecular weight excluding hydrogens is 497 g/mol. The number of rotatable bonds is 4. The molecule has 168 valence electrons. The van der Waals surface area contributed by atoms with Gasteiger partial charge in [-0.2, -0.15) is 0 Å². The molecule has 0 unspecified atom stereocenters. The van der Waals surface area contributed by atoms with Crippen molar-refractivity contribution in [1.29, 1.82) is 0 Å². The summed E-state index contributed by atoms with van der Waals surface area (Å²) < 4.78 is 2.59. The first-order valence-corrected chi connectivity index (χ1v) is 15.7. The van der Waals surface area contributed by atoms with E-state index in [4.69, 9.17) is 0 Å². The minimum Gasteiger partial charge on any atom is -0.265 e. The second kappa shape index (κ2) is 7.88. The van der Waals surface area contributed by atoms with Gasteiger partial charge in [0, 0.05) is 49.6 Å². The Bertz CT molecular complexity index is 1270. The van der Waals surface area contributed by atoms with Crippen LogP contribution in [-0.4, -0.2) is 19.9 Å². The summed E-state index contributed by atoms with van der Waals surface area (Å²) in [6.45, 7) is 0. The molecule has 8 heteroatoms. The van der Waals surface area contributed by atoms with E-state index in [-0.39, 0.29) is 0 Å². The molecule has 2 aliphatic heterocycles. The molecule has 6 rings (SSSR count). The van der Waals surface area contributed by atoms with Crippen molar-refractivity contribution in [2.24, 2.45) is 0 Å². The fourth-order valence-corrected chi connectivity index (χ4v) is 19.9. The van der Waals surface area contributed by atoms with Crippen LogP contribution >= 0.6 is 43.6 Å². The quantitative estimate of drug-likeness (QED) is 0.272. The third-order valence-electron chi connectivity index (χ3n) is 6.65. The van der Waals surface area contributed by atoms with E-state index in [9.17, 15) is 0 Å². The lowest BCUT2D eigenvalue weighted by Crippen LogP contribution is -2.36. The summed E-state index contributed by atoms with van der Waals surface area (Å²) in [7, 11) is -4.04. The van der Waals surface area contributed by atoms with Gasteiger partial charge >= 0.3 is 0 Å². The molecule has 0 saturated carbocycles. The molecule has 0 aliphatic carbocycles. The zero-order valence-corrected chi connectivity index (χ0v) is 21.2. The van der Waals surface area contributed by atoms with Gasteiger partial charge in [-0.15, -0.1) is 8.29 Å². The molecule has 6 heterocycles. The van der Waals surface area contributed by atoms with Crippen LogP contribution in [0, 0.1) is 0 Å². The second-order valence-corrected chi connectivity index (χ2v) is 16.9. The molecular formula is C26H20N4S4. The summed E-state index contributed by atoms with van der Waals surface area (Å²) in [6, 6.07) is 17.4.